The zero-order chi connectivity index (χ0) is 12.6. The van der Waals surface area contributed by atoms with Gasteiger partial charge in [0.15, 0.2) is 0 Å². The molecule has 0 heteroatoms. The molecule has 0 amide bonds. The quantitative estimate of drug-likeness (QED) is 0.545. The Morgan fingerprint density at radius 2 is 1.53 bits per heavy atom. The Bertz CT molecular complexity index is 338. The standard InChI is InChI=1S/C17H30/c1-11-9-13-16(5,6)14-10-17(13,12(11)2)8-7-15(14,3)4/h11-14H,7-10H2,1-6H3/t11?,12?,13?,14-,17?/m0/s1. The van der Waals surface area contributed by atoms with E-state index in [1.54, 1.807) is 0 Å². The van der Waals surface area contributed by atoms with Crippen LogP contribution >= 0.6 is 0 Å². The van der Waals surface area contributed by atoms with Crippen molar-refractivity contribution < 1.29 is 0 Å². The van der Waals surface area contributed by atoms with Gasteiger partial charge < -0.3 is 0 Å². The highest BCUT2D eigenvalue weighted by Gasteiger charge is 2.68. The van der Waals surface area contributed by atoms with Gasteiger partial charge in [-0.1, -0.05) is 41.5 Å². The van der Waals surface area contributed by atoms with E-state index in [4.69, 9.17) is 0 Å². The van der Waals surface area contributed by atoms with Crippen LogP contribution in [0.3, 0.4) is 0 Å². The van der Waals surface area contributed by atoms with Crippen LogP contribution in [0.5, 0.6) is 0 Å². The summed E-state index contributed by atoms with van der Waals surface area (Å²) in [5.74, 6) is 3.89. The molecule has 0 aromatic carbocycles. The molecule has 0 aromatic rings. The summed E-state index contributed by atoms with van der Waals surface area (Å²) in [6, 6.07) is 0. The second kappa shape index (κ2) is 3.11. The molecule has 0 heterocycles. The zero-order valence-corrected chi connectivity index (χ0v) is 12.6. The SMILES string of the molecule is CC1CC2C3(CCC(C)(C)[C@H](C3)C2(C)C)C1C. The van der Waals surface area contributed by atoms with E-state index in [1.807, 2.05) is 0 Å². The molecule has 3 rings (SSSR count). The van der Waals surface area contributed by atoms with E-state index < -0.39 is 0 Å². The zero-order valence-electron chi connectivity index (χ0n) is 12.6. The van der Waals surface area contributed by atoms with Crippen LogP contribution in [0.15, 0.2) is 0 Å². The first-order chi connectivity index (χ1) is 7.72. The van der Waals surface area contributed by atoms with Gasteiger partial charge in [-0.25, -0.2) is 0 Å². The first-order valence-electron chi connectivity index (χ1n) is 7.72. The predicted molar refractivity (Wildman–Crippen MR) is 73.8 cm³/mol. The Hall–Kier alpha value is 0. The molecule has 3 saturated carbocycles. The molecular weight excluding hydrogens is 204 g/mol. The molecule has 17 heavy (non-hydrogen) atoms. The fraction of sp³-hybridized carbons (Fsp3) is 1.00. The molecule has 4 unspecified atom stereocenters. The van der Waals surface area contributed by atoms with E-state index in [0.717, 1.165) is 29.1 Å². The first kappa shape index (κ1) is 12.1. The molecule has 5 atom stereocenters. The van der Waals surface area contributed by atoms with Gasteiger partial charge in [-0.2, -0.15) is 0 Å². The second-order valence-corrected chi connectivity index (χ2v) is 8.85. The number of rotatable bonds is 0. The van der Waals surface area contributed by atoms with E-state index >= 15 is 0 Å². The van der Waals surface area contributed by atoms with Crippen LogP contribution in [0.2, 0.25) is 0 Å². The minimum absolute atomic E-state index is 0.582. The average Bonchev–Trinajstić information content (AvgIpc) is 2.58. The summed E-state index contributed by atoms with van der Waals surface area (Å²) >= 11 is 0. The second-order valence-electron chi connectivity index (χ2n) is 8.85. The van der Waals surface area contributed by atoms with Crippen molar-refractivity contribution in [3.63, 3.8) is 0 Å². The summed E-state index contributed by atoms with van der Waals surface area (Å²) in [5, 5.41) is 0. The molecule has 98 valence electrons. The molecule has 0 aromatic heterocycles. The van der Waals surface area contributed by atoms with Crippen LogP contribution in [-0.4, -0.2) is 0 Å². The van der Waals surface area contributed by atoms with Crippen molar-refractivity contribution in [2.75, 3.05) is 0 Å². The van der Waals surface area contributed by atoms with Crippen LogP contribution in [0, 0.1) is 39.9 Å². The fourth-order valence-electron chi connectivity index (χ4n) is 6.47. The van der Waals surface area contributed by atoms with Crippen LogP contribution in [0.25, 0.3) is 0 Å². The normalized spacial score (nSPS) is 54.7. The Morgan fingerprint density at radius 1 is 0.882 bits per heavy atom. The van der Waals surface area contributed by atoms with Gasteiger partial charge in [0.25, 0.3) is 0 Å². The molecule has 1 spiro atoms. The van der Waals surface area contributed by atoms with Crippen LogP contribution in [-0.2, 0) is 0 Å². The van der Waals surface area contributed by atoms with Crippen molar-refractivity contribution in [2.24, 2.45) is 39.9 Å². The minimum Gasteiger partial charge on any atom is -0.0622 e. The van der Waals surface area contributed by atoms with Gasteiger partial charge in [0.2, 0.25) is 0 Å². The molecule has 2 bridgehead atoms. The highest BCUT2D eigenvalue weighted by Crippen LogP contribution is 2.75. The van der Waals surface area contributed by atoms with E-state index in [9.17, 15) is 0 Å². The lowest BCUT2D eigenvalue weighted by Crippen LogP contribution is -2.37. The molecule has 0 aliphatic heterocycles. The molecule has 0 saturated heterocycles. The van der Waals surface area contributed by atoms with Gasteiger partial charge in [0.1, 0.15) is 0 Å². The summed E-state index contributed by atoms with van der Waals surface area (Å²) in [6.45, 7) is 15.3. The maximum absolute atomic E-state index is 2.59. The van der Waals surface area contributed by atoms with Crippen molar-refractivity contribution in [2.45, 2.75) is 67.2 Å². The third-order valence-corrected chi connectivity index (χ3v) is 7.62. The third-order valence-electron chi connectivity index (χ3n) is 7.62. The molecule has 3 fully saturated rings. The third kappa shape index (κ3) is 1.25. The van der Waals surface area contributed by atoms with Gasteiger partial charge >= 0.3 is 0 Å². The molecule has 0 N–H and O–H groups in total. The summed E-state index contributed by atoms with van der Waals surface area (Å²) < 4.78 is 0. The minimum atomic E-state index is 0.582. The number of hydrogen-bond donors (Lipinski definition) is 0. The van der Waals surface area contributed by atoms with Crippen molar-refractivity contribution in [1.82, 2.24) is 0 Å². The molecule has 3 aliphatic rings. The van der Waals surface area contributed by atoms with E-state index in [2.05, 4.69) is 41.5 Å². The Balaban J connectivity index is 2.07. The van der Waals surface area contributed by atoms with Crippen molar-refractivity contribution in [3.8, 4) is 0 Å². The van der Waals surface area contributed by atoms with Gasteiger partial charge in [-0.15, -0.1) is 0 Å². The van der Waals surface area contributed by atoms with Gasteiger partial charge in [-0.05, 0) is 65.6 Å². The summed E-state index contributed by atoms with van der Waals surface area (Å²) in [4.78, 5) is 0. The summed E-state index contributed by atoms with van der Waals surface area (Å²) in [6.07, 6.45) is 6.01. The van der Waals surface area contributed by atoms with Crippen LogP contribution in [0.4, 0.5) is 0 Å². The summed E-state index contributed by atoms with van der Waals surface area (Å²) in [7, 11) is 0. The first-order valence-corrected chi connectivity index (χ1v) is 7.72. The maximum Gasteiger partial charge on any atom is -0.0232 e. The number of hydrogen-bond acceptors (Lipinski definition) is 0. The Morgan fingerprint density at radius 3 is 2.18 bits per heavy atom. The van der Waals surface area contributed by atoms with Gasteiger partial charge in [-0.3, -0.25) is 0 Å². The molecular formula is C17H30. The average molecular weight is 234 g/mol. The van der Waals surface area contributed by atoms with Crippen molar-refractivity contribution in [3.05, 3.63) is 0 Å². The topological polar surface area (TPSA) is 0 Å². The van der Waals surface area contributed by atoms with Crippen molar-refractivity contribution >= 4 is 0 Å². The van der Waals surface area contributed by atoms with Crippen molar-refractivity contribution in [1.29, 1.82) is 0 Å². The predicted octanol–water partition coefficient (Wildman–Crippen LogP) is 5.13. The Labute approximate surface area is 108 Å². The molecule has 0 nitrogen and oxygen atoms in total. The molecule has 0 radical (unpaired) electrons. The van der Waals surface area contributed by atoms with Gasteiger partial charge in [0, 0.05) is 0 Å². The van der Waals surface area contributed by atoms with E-state index in [-0.39, 0.29) is 0 Å². The van der Waals surface area contributed by atoms with E-state index in [0.29, 0.717) is 10.8 Å². The smallest absolute Gasteiger partial charge is 0.0232 e. The highest BCUT2D eigenvalue weighted by molar-refractivity contribution is 5.16. The monoisotopic (exact) mass is 234 g/mol. The fourth-order valence-corrected chi connectivity index (χ4v) is 6.47. The lowest BCUT2D eigenvalue weighted by Gasteiger charge is -2.46. The van der Waals surface area contributed by atoms with E-state index in [1.165, 1.54) is 25.7 Å². The highest BCUT2D eigenvalue weighted by atomic mass is 14.7. The lowest BCUT2D eigenvalue weighted by atomic mass is 9.59. The van der Waals surface area contributed by atoms with Crippen LogP contribution < -0.4 is 0 Å². The molecule has 3 aliphatic carbocycles. The van der Waals surface area contributed by atoms with Crippen LogP contribution in [0.1, 0.15) is 67.2 Å². The van der Waals surface area contributed by atoms with Gasteiger partial charge in [0.05, 0.1) is 0 Å². The Kier molecular flexibility index (Phi) is 2.21. The maximum atomic E-state index is 2.59. The number of fused-ring (bicyclic) bond motifs is 1. The lowest BCUT2D eigenvalue weighted by molar-refractivity contribution is 0.0357. The summed E-state index contributed by atoms with van der Waals surface area (Å²) in [5.41, 5.74) is 1.89. The largest absolute Gasteiger partial charge is 0.0622 e.